The van der Waals surface area contributed by atoms with E-state index in [-0.39, 0.29) is 17.4 Å². The number of pyridine rings is 1. The molecule has 0 radical (unpaired) electrons. The second kappa shape index (κ2) is 8.16. The summed E-state index contributed by atoms with van der Waals surface area (Å²) in [6.45, 7) is 7.98. The topological polar surface area (TPSA) is 68.5 Å². The number of fused-ring (bicyclic) bond motifs is 1. The van der Waals surface area contributed by atoms with Crippen LogP contribution in [0.5, 0.6) is 0 Å². The van der Waals surface area contributed by atoms with Crippen molar-refractivity contribution in [2.75, 3.05) is 19.7 Å². The summed E-state index contributed by atoms with van der Waals surface area (Å²) in [6, 6.07) is 9.59. The van der Waals surface area contributed by atoms with Crippen LogP contribution < -0.4 is 0 Å². The first-order chi connectivity index (χ1) is 15.3. The lowest BCUT2D eigenvalue weighted by Gasteiger charge is -2.33. The molecule has 1 unspecified atom stereocenters. The molecule has 168 valence electrons. The van der Waals surface area contributed by atoms with Gasteiger partial charge in [0, 0.05) is 23.2 Å². The number of aromatic nitrogens is 2. The summed E-state index contributed by atoms with van der Waals surface area (Å²) in [5.74, 6) is 0.397. The SMILES string of the molecule is CC(C)(C)Cc1noc2nc(C3CC3)cc(C(=O)N3CCOC(c4ccc(Cl)cc4)C3)c12. The van der Waals surface area contributed by atoms with Gasteiger partial charge < -0.3 is 14.2 Å². The van der Waals surface area contributed by atoms with Gasteiger partial charge in [0.25, 0.3) is 11.6 Å². The van der Waals surface area contributed by atoms with E-state index in [9.17, 15) is 4.79 Å². The summed E-state index contributed by atoms with van der Waals surface area (Å²) in [4.78, 5) is 20.4. The summed E-state index contributed by atoms with van der Waals surface area (Å²) < 4.78 is 11.6. The molecular formula is C25H28ClN3O3. The predicted molar refractivity (Wildman–Crippen MR) is 123 cm³/mol. The fourth-order valence-corrected chi connectivity index (χ4v) is 4.42. The largest absolute Gasteiger partial charge is 0.370 e. The standard InChI is InChI=1S/C25H28ClN3O3/c1-25(2,3)13-20-22-18(12-19(15-4-5-15)27-23(22)32-28-20)24(30)29-10-11-31-21(14-29)16-6-8-17(26)9-7-16/h6-9,12,15,21H,4-5,10-11,13-14H2,1-3H3. The highest BCUT2D eigenvalue weighted by molar-refractivity contribution is 6.30. The van der Waals surface area contributed by atoms with Gasteiger partial charge in [0.05, 0.1) is 29.8 Å². The van der Waals surface area contributed by atoms with Crippen LogP contribution in [0.1, 0.15) is 72.9 Å². The predicted octanol–water partition coefficient (Wildman–Crippen LogP) is 5.56. The Kier molecular flexibility index (Phi) is 5.46. The minimum absolute atomic E-state index is 0.0118. The lowest BCUT2D eigenvalue weighted by atomic mass is 9.89. The number of hydrogen-bond acceptors (Lipinski definition) is 5. The Labute approximate surface area is 192 Å². The maximum absolute atomic E-state index is 13.8. The smallest absolute Gasteiger partial charge is 0.259 e. The first-order valence-corrected chi connectivity index (χ1v) is 11.6. The summed E-state index contributed by atoms with van der Waals surface area (Å²) in [6.07, 6.45) is 2.74. The van der Waals surface area contributed by atoms with E-state index >= 15 is 0 Å². The molecule has 2 aliphatic rings. The molecule has 1 aliphatic carbocycles. The molecule has 6 nitrogen and oxygen atoms in total. The van der Waals surface area contributed by atoms with Crippen LogP contribution in [0.3, 0.4) is 0 Å². The number of morpholine rings is 1. The number of rotatable bonds is 4. The van der Waals surface area contributed by atoms with Gasteiger partial charge in [-0.2, -0.15) is 0 Å². The molecule has 2 aromatic heterocycles. The van der Waals surface area contributed by atoms with Crippen LogP contribution in [0, 0.1) is 5.41 Å². The maximum Gasteiger partial charge on any atom is 0.259 e. The van der Waals surface area contributed by atoms with Gasteiger partial charge in [0.2, 0.25) is 0 Å². The molecule has 7 heteroatoms. The minimum atomic E-state index is -0.179. The molecule has 1 aliphatic heterocycles. The molecule has 1 saturated carbocycles. The maximum atomic E-state index is 13.8. The van der Waals surface area contributed by atoms with Gasteiger partial charge >= 0.3 is 0 Å². The number of nitrogens with zero attached hydrogens (tertiary/aromatic N) is 3. The molecule has 1 saturated heterocycles. The summed E-state index contributed by atoms with van der Waals surface area (Å²) >= 11 is 6.03. The molecule has 32 heavy (non-hydrogen) atoms. The Bertz CT molecular complexity index is 1150. The van der Waals surface area contributed by atoms with Crippen molar-refractivity contribution in [1.29, 1.82) is 0 Å². The Morgan fingerprint density at radius 3 is 2.66 bits per heavy atom. The number of benzene rings is 1. The summed E-state index contributed by atoms with van der Waals surface area (Å²) in [7, 11) is 0. The highest BCUT2D eigenvalue weighted by Gasteiger charge is 2.33. The van der Waals surface area contributed by atoms with Crippen LogP contribution >= 0.6 is 11.6 Å². The average molecular weight is 454 g/mol. The first kappa shape index (κ1) is 21.4. The molecule has 1 amide bonds. The van der Waals surface area contributed by atoms with Crippen LogP contribution in [-0.4, -0.2) is 40.6 Å². The molecule has 5 rings (SSSR count). The van der Waals surface area contributed by atoms with Gasteiger partial charge in [-0.05, 0) is 48.4 Å². The van der Waals surface area contributed by atoms with E-state index in [0.29, 0.717) is 48.3 Å². The quantitative estimate of drug-likeness (QED) is 0.517. The third-order valence-corrected chi connectivity index (χ3v) is 6.31. The van der Waals surface area contributed by atoms with E-state index in [2.05, 4.69) is 25.9 Å². The number of carbonyl (C=O) groups excluding carboxylic acids is 1. The van der Waals surface area contributed by atoms with Crippen molar-refractivity contribution >= 4 is 28.6 Å². The van der Waals surface area contributed by atoms with Crippen molar-refractivity contribution in [3.63, 3.8) is 0 Å². The number of amides is 1. The van der Waals surface area contributed by atoms with Crippen LogP contribution in [0.4, 0.5) is 0 Å². The number of hydrogen-bond donors (Lipinski definition) is 0. The van der Waals surface area contributed by atoms with Gasteiger partial charge in [0.15, 0.2) is 0 Å². The van der Waals surface area contributed by atoms with Crippen molar-refractivity contribution in [3.05, 3.63) is 57.9 Å². The molecular weight excluding hydrogens is 426 g/mol. The van der Waals surface area contributed by atoms with E-state index in [0.717, 1.165) is 35.2 Å². The van der Waals surface area contributed by atoms with E-state index in [1.165, 1.54) is 0 Å². The third-order valence-electron chi connectivity index (χ3n) is 6.06. The Balaban J connectivity index is 1.50. The lowest BCUT2D eigenvalue weighted by Crippen LogP contribution is -2.42. The zero-order valence-electron chi connectivity index (χ0n) is 18.7. The summed E-state index contributed by atoms with van der Waals surface area (Å²) in [5.41, 5.74) is 3.88. The molecule has 0 N–H and O–H groups in total. The molecule has 3 heterocycles. The zero-order chi connectivity index (χ0) is 22.5. The third kappa shape index (κ3) is 4.39. The van der Waals surface area contributed by atoms with Gasteiger partial charge in [0.1, 0.15) is 6.10 Å². The van der Waals surface area contributed by atoms with Crippen LogP contribution in [0.25, 0.3) is 11.1 Å². The molecule has 3 aromatic rings. The van der Waals surface area contributed by atoms with E-state index in [4.69, 9.17) is 25.8 Å². The lowest BCUT2D eigenvalue weighted by molar-refractivity contribution is -0.0227. The fourth-order valence-electron chi connectivity index (χ4n) is 4.29. The monoisotopic (exact) mass is 453 g/mol. The van der Waals surface area contributed by atoms with E-state index in [1.807, 2.05) is 35.2 Å². The van der Waals surface area contributed by atoms with E-state index < -0.39 is 0 Å². The van der Waals surface area contributed by atoms with Crippen LogP contribution in [0.2, 0.25) is 5.02 Å². The highest BCUT2D eigenvalue weighted by Crippen LogP contribution is 2.41. The fraction of sp³-hybridized carbons (Fsp3) is 0.480. The molecule has 0 bridgehead atoms. The second-order valence-electron chi connectivity index (χ2n) is 10.1. The summed E-state index contributed by atoms with van der Waals surface area (Å²) in [5, 5.41) is 5.75. The van der Waals surface area contributed by atoms with E-state index in [1.54, 1.807) is 0 Å². The van der Waals surface area contributed by atoms with Crippen molar-refractivity contribution in [3.8, 4) is 0 Å². The van der Waals surface area contributed by atoms with Gasteiger partial charge in [-0.3, -0.25) is 4.79 Å². The van der Waals surface area contributed by atoms with Crippen molar-refractivity contribution < 1.29 is 14.1 Å². The van der Waals surface area contributed by atoms with Crippen molar-refractivity contribution in [2.24, 2.45) is 5.41 Å². The average Bonchev–Trinajstić information content (AvgIpc) is 3.54. The molecule has 1 atom stereocenters. The van der Waals surface area contributed by atoms with Crippen molar-refractivity contribution in [2.45, 2.75) is 52.1 Å². The second-order valence-corrected chi connectivity index (χ2v) is 10.5. The normalized spacial score (nSPS) is 19.5. The highest BCUT2D eigenvalue weighted by atomic mass is 35.5. The number of halogens is 1. The zero-order valence-corrected chi connectivity index (χ0v) is 19.5. The Morgan fingerprint density at radius 1 is 1.22 bits per heavy atom. The number of carbonyl (C=O) groups is 1. The van der Waals surface area contributed by atoms with Crippen LogP contribution in [0.15, 0.2) is 34.9 Å². The van der Waals surface area contributed by atoms with Crippen molar-refractivity contribution in [1.82, 2.24) is 15.0 Å². The molecule has 2 fully saturated rings. The first-order valence-electron chi connectivity index (χ1n) is 11.2. The Morgan fingerprint density at radius 2 is 1.97 bits per heavy atom. The van der Waals surface area contributed by atoms with Gasteiger partial charge in [-0.15, -0.1) is 0 Å². The minimum Gasteiger partial charge on any atom is -0.370 e. The molecule has 1 aromatic carbocycles. The molecule has 0 spiro atoms. The Hall–Kier alpha value is -2.44. The van der Waals surface area contributed by atoms with Gasteiger partial charge in [-0.1, -0.05) is 49.7 Å². The number of ether oxygens (including phenoxy) is 1. The van der Waals surface area contributed by atoms with Gasteiger partial charge in [-0.25, -0.2) is 4.98 Å². The van der Waals surface area contributed by atoms with Crippen LogP contribution in [-0.2, 0) is 11.2 Å².